The van der Waals surface area contributed by atoms with Crippen LogP contribution in [0.5, 0.6) is 0 Å². The molecule has 1 atom stereocenters. The van der Waals surface area contributed by atoms with Gasteiger partial charge in [-0.25, -0.2) is 4.79 Å². The Bertz CT molecular complexity index is 842. The summed E-state index contributed by atoms with van der Waals surface area (Å²) in [6.07, 6.45) is 3.13. The normalized spacial score (nSPS) is 21.8. The largest absolute Gasteiger partial charge is 0.417 e. The zero-order valence-corrected chi connectivity index (χ0v) is 14.5. The van der Waals surface area contributed by atoms with Crippen LogP contribution in [0.2, 0.25) is 0 Å². The van der Waals surface area contributed by atoms with E-state index in [1.807, 2.05) is 24.0 Å². The molecule has 2 saturated heterocycles. The highest BCUT2D eigenvalue weighted by Gasteiger charge is 2.32. The van der Waals surface area contributed by atoms with E-state index in [1.165, 1.54) is 0 Å². The molecule has 1 unspecified atom stereocenters. The molecule has 3 heterocycles. The molecule has 25 heavy (non-hydrogen) atoms. The van der Waals surface area contributed by atoms with Crippen molar-refractivity contribution in [2.75, 3.05) is 26.3 Å². The molecule has 1 aromatic carbocycles. The molecule has 2 aliphatic rings. The molecule has 2 aromatic rings. The molecule has 0 N–H and O–H groups in total. The number of ether oxygens (including phenoxy) is 1. The number of piperidine rings is 1. The molecule has 2 fully saturated rings. The maximum Gasteiger partial charge on any atom is 0.344 e. The van der Waals surface area contributed by atoms with Crippen LogP contribution in [-0.4, -0.2) is 37.1 Å². The van der Waals surface area contributed by atoms with Crippen molar-refractivity contribution in [2.24, 2.45) is 11.8 Å². The first-order chi connectivity index (χ1) is 12.1. The summed E-state index contributed by atoms with van der Waals surface area (Å²) >= 11 is 0. The number of hydrogen-bond donors (Lipinski definition) is 0. The van der Waals surface area contributed by atoms with Gasteiger partial charge in [-0.1, -0.05) is 18.2 Å². The standard InChI is InChI=1S/C20H23NO4/c1-13-16-4-2-3-5-17(16)20(23)25-18(13)19(22)21-9-6-14(7-10-21)15-8-11-24-12-15/h2-5,14-15H,6-12H2,1H3. The van der Waals surface area contributed by atoms with E-state index in [4.69, 9.17) is 9.15 Å². The SMILES string of the molecule is Cc1c(C(=O)N2CCC(C3CCOC3)CC2)oc(=O)c2ccccc12. The molecule has 0 saturated carbocycles. The first kappa shape index (κ1) is 16.3. The van der Waals surface area contributed by atoms with Crippen LogP contribution < -0.4 is 5.63 Å². The van der Waals surface area contributed by atoms with Crippen LogP contribution in [0.3, 0.4) is 0 Å². The summed E-state index contributed by atoms with van der Waals surface area (Å²) in [6.45, 7) is 5.01. The third-order valence-electron chi connectivity index (χ3n) is 5.74. The van der Waals surface area contributed by atoms with Gasteiger partial charge >= 0.3 is 5.63 Å². The van der Waals surface area contributed by atoms with E-state index in [0.717, 1.165) is 56.5 Å². The molecule has 4 rings (SSSR count). The Morgan fingerprint density at radius 3 is 2.48 bits per heavy atom. The maximum absolute atomic E-state index is 12.9. The van der Waals surface area contributed by atoms with E-state index in [2.05, 4.69) is 0 Å². The lowest BCUT2D eigenvalue weighted by Gasteiger charge is -2.34. The van der Waals surface area contributed by atoms with Crippen molar-refractivity contribution in [3.8, 4) is 0 Å². The molecule has 132 valence electrons. The van der Waals surface area contributed by atoms with Gasteiger partial charge < -0.3 is 14.1 Å². The number of benzene rings is 1. The van der Waals surface area contributed by atoms with E-state index in [1.54, 1.807) is 12.1 Å². The lowest BCUT2D eigenvalue weighted by atomic mass is 9.84. The number of likely N-dealkylation sites (tertiary alicyclic amines) is 1. The van der Waals surface area contributed by atoms with Gasteiger partial charge in [-0.15, -0.1) is 0 Å². The van der Waals surface area contributed by atoms with E-state index in [9.17, 15) is 9.59 Å². The van der Waals surface area contributed by atoms with Crippen molar-refractivity contribution < 1.29 is 13.9 Å². The average molecular weight is 341 g/mol. The van der Waals surface area contributed by atoms with Gasteiger partial charge in [0.05, 0.1) is 5.39 Å². The van der Waals surface area contributed by atoms with Gasteiger partial charge in [-0.3, -0.25) is 4.79 Å². The Morgan fingerprint density at radius 2 is 1.80 bits per heavy atom. The lowest BCUT2D eigenvalue weighted by molar-refractivity contribution is 0.0612. The second kappa shape index (κ2) is 6.64. The van der Waals surface area contributed by atoms with Gasteiger partial charge in [0.2, 0.25) is 0 Å². The van der Waals surface area contributed by atoms with Gasteiger partial charge in [-0.05, 0) is 49.5 Å². The highest BCUT2D eigenvalue weighted by atomic mass is 16.5. The molecule has 1 aromatic heterocycles. The summed E-state index contributed by atoms with van der Waals surface area (Å²) in [7, 11) is 0. The summed E-state index contributed by atoms with van der Waals surface area (Å²) in [4.78, 5) is 27.0. The molecule has 0 aliphatic carbocycles. The fourth-order valence-corrected chi connectivity index (χ4v) is 4.18. The molecule has 0 radical (unpaired) electrons. The van der Waals surface area contributed by atoms with Crippen LogP contribution in [0.15, 0.2) is 33.5 Å². The van der Waals surface area contributed by atoms with Crippen molar-refractivity contribution in [1.82, 2.24) is 4.90 Å². The van der Waals surface area contributed by atoms with E-state index < -0.39 is 5.63 Å². The maximum atomic E-state index is 12.9. The van der Waals surface area contributed by atoms with Crippen LogP contribution >= 0.6 is 0 Å². The fraction of sp³-hybridized carbons (Fsp3) is 0.500. The Balaban J connectivity index is 1.55. The van der Waals surface area contributed by atoms with Gasteiger partial charge in [0.15, 0.2) is 5.76 Å². The highest BCUT2D eigenvalue weighted by Crippen LogP contribution is 2.31. The van der Waals surface area contributed by atoms with E-state index in [-0.39, 0.29) is 11.7 Å². The number of fused-ring (bicyclic) bond motifs is 1. The predicted octanol–water partition coefficient (Wildman–Crippen LogP) is 2.99. The van der Waals surface area contributed by atoms with Crippen molar-refractivity contribution in [1.29, 1.82) is 0 Å². The summed E-state index contributed by atoms with van der Waals surface area (Å²) in [5, 5.41) is 1.32. The average Bonchev–Trinajstić information content (AvgIpc) is 3.19. The van der Waals surface area contributed by atoms with Gasteiger partial charge in [0, 0.05) is 31.9 Å². The zero-order valence-electron chi connectivity index (χ0n) is 14.5. The van der Waals surface area contributed by atoms with Gasteiger partial charge in [-0.2, -0.15) is 0 Å². The third kappa shape index (κ3) is 2.97. The summed E-state index contributed by atoms with van der Waals surface area (Å²) in [5.74, 6) is 1.29. The minimum Gasteiger partial charge on any atom is -0.417 e. The number of hydrogen-bond acceptors (Lipinski definition) is 4. The molecule has 1 amide bonds. The number of carbonyl (C=O) groups excluding carboxylic acids is 1. The zero-order chi connectivity index (χ0) is 17.4. The monoisotopic (exact) mass is 341 g/mol. The molecule has 5 heteroatoms. The molecule has 0 bridgehead atoms. The Hall–Kier alpha value is -2.14. The molecule has 2 aliphatic heterocycles. The number of aryl methyl sites for hydroxylation is 1. The predicted molar refractivity (Wildman–Crippen MR) is 94.8 cm³/mol. The van der Waals surface area contributed by atoms with Crippen molar-refractivity contribution in [3.63, 3.8) is 0 Å². The third-order valence-corrected chi connectivity index (χ3v) is 5.74. The first-order valence-corrected chi connectivity index (χ1v) is 9.04. The summed E-state index contributed by atoms with van der Waals surface area (Å²) in [5.41, 5.74) is 0.300. The van der Waals surface area contributed by atoms with Crippen LogP contribution in [0, 0.1) is 18.8 Å². The lowest BCUT2D eigenvalue weighted by Crippen LogP contribution is -2.40. The summed E-state index contributed by atoms with van der Waals surface area (Å²) in [6, 6.07) is 7.28. The number of carbonyl (C=O) groups is 1. The molecular weight excluding hydrogens is 318 g/mol. The van der Waals surface area contributed by atoms with Crippen molar-refractivity contribution >= 4 is 16.7 Å². The van der Waals surface area contributed by atoms with Crippen LogP contribution in [0.25, 0.3) is 10.8 Å². The molecule has 0 spiro atoms. The Labute approximate surface area is 146 Å². The van der Waals surface area contributed by atoms with E-state index >= 15 is 0 Å². The number of rotatable bonds is 2. The highest BCUT2D eigenvalue weighted by molar-refractivity contribution is 5.98. The van der Waals surface area contributed by atoms with Crippen molar-refractivity contribution in [2.45, 2.75) is 26.2 Å². The molecule has 5 nitrogen and oxygen atoms in total. The van der Waals surface area contributed by atoms with Crippen LogP contribution in [-0.2, 0) is 4.74 Å². The van der Waals surface area contributed by atoms with Gasteiger partial charge in [0.25, 0.3) is 5.91 Å². The smallest absolute Gasteiger partial charge is 0.344 e. The van der Waals surface area contributed by atoms with E-state index in [0.29, 0.717) is 17.2 Å². The quantitative estimate of drug-likeness (QED) is 0.842. The second-order valence-corrected chi connectivity index (χ2v) is 7.14. The minimum atomic E-state index is -0.442. The minimum absolute atomic E-state index is 0.165. The fourth-order valence-electron chi connectivity index (χ4n) is 4.18. The van der Waals surface area contributed by atoms with Crippen LogP contribution in [0.1, 0.15) is 35.4 Å². The number of nitrogens with zero attached hydrogens (tertiary/aromatic N) is 1. The van der Waals surface area contributed by atoms with Crippen molar-refractivity contribution in [3.05, 3.63) is 46.0 Å². The number of amides is 1. The van der Waals surface area contributed by atoms with Crippen LogP contribution in [0.4, 0.5) is 0 Å². The first-order valence-electron chi connectivity index (χ1n) is 9.04. The second-order valence-electron chi connectivity index (χ2n) is 7.14. The molecular formula is C20H23NO4. The van der Waals surface area contributed by atoms with Gasteiger partial charge in [0.1, 0.15) is 0 Å². The Morgan fingerprint density at radius 1 is 1.08 bits per heavy atom. The topological polar surface area (TPSA) is 59.8 Å². The summed E-state index contributed by atoms with van der Waals surface area (Å²) < 4.78 is 10.9. The Kier molecular flexibility index (Phi) is 4.34.